The van der Waals surface area contributed by atoms with E-state index >= 15 is 0 Å². The summed E-state index contributed by atoms with van der Waals surface area (Å²) in [5, 5.41) is 3.25. The average molecular weight is 256 g/mol. The number of nitrogens with one attached hydrogen (secondary N) is 1. The highest BCUT2D eigenvalue weighted by Crippen LogP contribution is 2.14. The van der Waals surface area contributed by atoms with Gasteiger partial charge in [-0.15, -0.1) is 12.4 Å². The molecule has 1 atom stereocenters. The number of rotatable bonds is 4. The molecule has 0 aliphatic carbocycles. The van der Waals surface area contributed by atoms with Gasteiger partial charge in [0.15, 0.2) is 9.84 Å². The first kappa shape index (κ1) is 15.2. The number of piperidine rings is 1. The average Bonchev–Trinajstić information content (AvgIpc) is 2.02. The molecule has 0 aromatic heterocycles. The molecule has 0 spiro atoms. The van der Waals surface area contributed by atoms with Crippen LogP contribution in [0.4, 0.5) is 0 Å². The van der Waals surface area contributed by atoms with Crippen molar-refractivity contribution in [2.45, 2.75) is 26.7 Å². The van der Waals surface area contributed by atoms with Crippen LogP contribution in [0.3, 0.4) is 0 Å². The number of halogens is 1. The van der Waals surface area contributed by atoms with Gasteiger partial charge in [0, 0.05) is 0 Å². The van der Waals surface area contributed by atoms with Gasteiger partial charge >= 0.3 is 0 Å². The minimum Gasteiger partial charge on any atom is -0.316 e. The Morgan fingerprint density at radius 3 is 2.53 bits per heavy atom. The van der Waals surface area contributed by atoms with E-state index in [0.717, 1.165) is 25.9 Å². The zero-order valence-corrected chi connectivity index (χ0v) is 11.2. The molecule has 1 fully saturated rings. The van der Waals surface area contributed by atoms with Crippen LogP contribution in [0.25, 0.3) is 0 Å². The van der Waals surface area contributed by atoms with Crippen molar-refractivity contribution in [3.63, 3.8) is 0 Å². The van der Waals surface area contributed by atoms with E-state index in [1.165, 1.54) is 0 Å². The number of hydrogen-bond acceptors (Lipinski definition) is 3. The SMILES string of the molecule is CC(C)CS(=O)(=O)CC1CCCNC1.Cl. The molecule has 92 valence electrons. The summed E-state index contributed by atoms with van der Waals surface area (Å²) in [6, 6.07) is 0. The van der Waals surface area contributed by atoms with Gasteiger partial charge in [0.2, 0.25) is 0 Å². The van der Waals surface area contributed by atoms with E-state index in [4.69, 9.17) is 0 Å². The second-order valence-corrected chi connectivity index (χ2v) is 6.84. The van der Waals surface area contributed by atoms with Crippen molar-refractivity contribution in [3.8, 4) is 0 Å². The van der Waals surface area contributed by atoms with Crippen LogP contribution in [0.15, 0.2) is 0 Å². The summed E-state index contributed by atoms with van der Waals surface area (Å²) in [6.07, 6.45) is 2.17. The molecule has 1 aliphatic rings. The van der Waals surface area contributed by atoms with Gasteiger partial charge in [-0.25, -0.2) is 8.42 Å². The summed E-state index contributed by atoms with van der Waals surface area (Å²) in [6.45, 7) is 5.82. The van der Waals surface area contributed by atoms with Gasteiger partial charge in [0.05, 0.1) is 11.5 Å². The Morgan fingerprint density at radius 2 is 2.07 bits per heavy atom. The zero-order valence-electron chi connectivity index (χ0n) is 9.53. The molecule has 0 radical (unpaired) electrons. The molecule has 1 aliphatic heterocycles. The maximum absolute atomic E-state index is 11.7. The highest BCUT2D eigenvalue weighted by Gasteiger charge is 2.21. The normalized spacial score (nSPS) is 22.5. The molecule has 1 rings (SSSR count). The van der Waals surface area contributed by atoms with Crippen molar-refractivity contribution < 1.29 is 8.42 Å². The van der Waals surface area contributed by atoms with Crippen molar-refractivity contribution in [2.75, 3.05) is 24.6 Å². The molecule has 0 saturated carbocycles. The van der Waals surface area contributed by atoms with Crippen molar-refractivity contribution in [1.29, 1.82) is 0 Å². The van der Waals surface area contributed by atoms with Gasteiger partial charge in [-0.05, 0) is 37.8 Å². The van der Waals surface area contributed by atoms with Crippen LogP contribution >= 0.6 is 12.4 Å². The third-order valence-corrected chi connectivity index (χ3v) is 4.63. The van der Waals surface area contributed by atoms with Gasteiger partial charge in [0.1, 0.15) is 0 Å². The molecule has 0 bridgehead atoms. The fraction of sp³-hybridized carbons (Fsp3) is 1.00. The predicted octanol–water partition coefficient (Wildman–Crippen LogP) is 1.48. The van der Waals surface area contributed by atoms with E-state index in [1.807, 2.05) is 13.8 Å². The van der Waals surface area contributed by atoms with E-state index in [0.29, 0.717) is 17.4 Å². The summed E-state index contributed by atoms with van der Waals surface area (Å²) in [4.78, 5) is 0. The first-order valence-electron chi connectivity index (χ1n) is 5.41. The maximum atomic E-state index is 11.7. The Hall–Kier alpha value is 0.200. The Bertz CT molecular complexity index is 259. The molecule has 5 heteroatoms. The third-order valence-electron chi connectivity index (χ3n) is 2.48. The summed E-state index contributed by atoms with van der Waals surface area (Å²) in [5.41, 5.74) is 0. The quantitative estimate of drug-likeness (QED) is 0.828. The smallest absolute Gasteiger partial charge is 0.150 e. The standard InChI is InChI=1S/C10H21NO2S.ClH/c1-9(2)7-14(12,13)8-10-4-3-5-11-6-10;/h9-11H,3-8H2,1-2H3;1H. The van der Waals surface area contributed by atoms with Gasteiger partial charge in [0.25, 0.3) is 0 Å². The van der Waals surface area contributed by atoms with Crippen LogP contribution in [-0.4, -0.2) is 33.0 Å². The molecule has 15 heavy (non-hydrogen) atoms. The van der Waals surface area contributed by atoms with Crippen LogP contribution in [0.2, 0.25) is 0 Å². The summed E-state index contributed by atoms with van der Waals surface area (Å²) in [7, 11) is -2.82. The molecule has 0 aromatic carbocycles. The van der Waals surface area contributed by atoms with Crippen molar-refractivity contribution in [2.24, 2.45) is 11.8 Å². The molecule has 1 heterocycles. The highest BCUT2D eigenvalue weighted by molar-refractivity contribution is 7.91. The highest BCUT2D eigenvalue weighted by atomic mass is 35.5. The molecule has 1 saturated heterocycles. The summed E-state index contributed by atoms with van der Waals surface area (Å²) < 4.78 is 23.4. The Kier molecular flexibility index (Phi) is 6.80. The number of hydrogen-bond donors (Lipinski definition) is 1. The fourth-order valence-corrected chi connectivity index (χ4v) is 4.16. The number of sulfone groups is 1. The molecule has 3 nitrogen and oxygen atoms in total. The molecular formula is C10H22ClNO2S. The maximum Gasteiger partial charge on any atom is 0.150 e. The van der Waals surface area contributed by atoms with Crippen LogP contribution in [0, 0.1) is 11.8 Å². The van der Waals surface area contributed by atoms with Gasteiger partial charge in [-0.1, -0.05) is 13.8 Å². The largest absolute Gasteiger partial charge is 0.316 e. The lowest BCUT2D eigenvalue weighted by molar-refractivity contribution is 0.403. The molecule has 1 unspecified atom stereocenters. The van der Waals surface area contributed by atoms with E-state index in [1.54, 1.807) is 0 Å². The monoisotopic (exact) mass is 255 g/mol. The molecule has 1 N–H and O–H groups in total. The zero-order chi connectivity index (χ0) is 10.6. The Labute approximate surface area is 99.3 Å². The van der Waals surface area contributed by atoms with Crippen LogP contribution in [0.1, 0.15) is 26.7 Å². The van der Waals surface area contributed by atoms with Crippen LogP contribution < -0.4 is 5.32 Å². The topological polar surface area (TPSA) is 46.2 Å². The first-order chi connectivity index (χ1) is 6.49. The Morgan fingerprint density at radius 1 is 1.40 bits per heavy atom. The molecule has 0 aromatic rings. The summed E-state index contributed by atoms with van der Waals surface area (Å²) in [5.74, 6) is 1.30. The van der Waals surface area contributed by atoms with Crippen molar-refractivity contribution in [1.82, 2.24) is 5.32 Å². The second kappa shape index (κ2) is 6.71. The van der Waals surface area contributed by atoms with Crippen molar-refractivity contribution >= 4 is 22.2 Å². The van der Waals surface area contributed by atoms with E-state index < -0.39 is 9.84 Å². The van der Waals surface area contributed by atoms with Gasteiger partial charge in [-0.3, -0.25) is 0 Å². The molecular weight excluding hydrogens is 234 g/mol. The van der Waals surface area contributed by atoms with Crippen LogP contribution in [-0.2, 0) is 9.84 Å². The van der Waals surface area contributed by atoms with Gasteiger partial charge in [-0.2, -0.15) is 0 Å². The van der Waals surface area contributed by atoms with Crippen molar-refractivity contribution in [3.05, 3.63) is 0 Å². The van der Waals surface area contributed by atoms with E-state index in [9.17, 15) is 8.42 Å². The predicted molar refractivity (Wildman–Crippen MR) is 66.3 cm³/mol. The first-order valence-corrected chi connectivity index (χ1v) is 7.23. The lowest BCUT2D eigenvalue weighted by Crippen LogP contribution is -2.34. The van der Waals surface area contributed by atoms with Crippen LogP contribution in [0.5, 0.6) is 0 Å². The van der Waals surface area contributed by atoms with E-state index in [-0.39, 0.29) is 18.3 Å². The van der Waals surface area contributed by atoms with E-state index in [2.05, 4.69) is 5.32 Å². The minimum absolute atomic E-state index is 0. The summed E-state index contributed by atoms with van der Waals surface area (Å²) >= 11 is 0. The third kappa shape index (κ3) is 6.38. The lowest BCUT2D eigenvalue weighted by atomic mass is 10.0. The molecule has 0 amide bonds. The lowest BCUT2D eigenvalue weighted by Gasteiger charge is -2.22. The second-order valence-electron chi connectivity index (χ2n) is 4.68. The van der Waals surface area contributed by atoms with Gasteiger partial charge < -0.3 is 5.32 Å². The fourth-order valence-electron chi connectivity index (χ4n) is 2.00. The Balaban J connectivity index is 0.00000196. The minimum atomic E-state index is -2.82.